The molecule has 24 heavy (non-hydrogen) atoms. The van der Waals surface area contributed by atoms with E-state index >= 15 is 0 Å². The van der Waals surface area contributed by atoms with Gasteiger partial charge < -0.3 is 15.4 Å². The molecule has 0 aliphatic heterocycles. The Kier molecular flexibility index (Phi) is 10.5. The number of ether oxygens (including phenoxy) is 1. The zero-order valence-electron chi connectivity index (χ0n) is 14.8. The van der Waals surface area contributed by atoms with Crippen LogP contribution in [0, 0.1) is 0 Å². The third-order valence-corrected chi connectivity index (χ3v) is 3.71. The molecule has 2 N–H and O–H groups in total. The molecule has 1 aromatic rings. The van der Waals surface area contributed by atoms with Crippen LogP contribution in [0.4, 0.5) is 0 Å². The van der Waals surface area contributed by atoms with Crippen LogP contribution >= 0.6 is 0 Å². The minimum Gasteiger partial charge on any atom is -0.460 e. The highest BCUT2D eigenvalue weighted by Gasteiger charge is 2.20. The van der Waals surface area contributed by atoms with Gasteiger partial charge in [0.2, 0.25) is 5.91 Å². The van der Waals surface area contributed by atoms with E-state index in [1.165, 1.54) is 0 Å². The van der Waals surface area contributed by atoms with Crippen molar-refractivity contribution in [3.63, 3.8) is 0 Å². The Hall–Kier alpha value is -1.88. The lowest BCUT2D eigenvalue weighted by Gasteiger charge is -2.17. The monoisotopic (exact) mass is 334 g/mol. The number of amides is 1. The van der Waals surface area contributed by atoms with Crippen molar-refractivity contribution in [2.24, 2.45) is 0 Å². The van der Waals surface area contributed by atoms with Crippen LogP contribution in [0.2, 0.25) is 0 Å². The van der Waals surface area contributed by atoms with E-state index in [9.17, 15) is 9.59 Å². The van der Waals surface area contributed by atoms with Gasteiger partial charge in [0.05, 0.1) is 0 Å². The lowest BCUT2D eigenvalue weighted by molar-refractivity contribution is -0.147. The molecule has 0 aliphatic carbocycles. The van der Waals surface area contributed by atoms with Crippen molar-refractivity contribution in [1.82, 2.24) is 10.6 Å². The minimum absolute atomic E-state index is 0.0336. The molecular formula is C19H30N2O3. The number of esters is 1. The van der Waals surface area contributed by atoms with E-state index in [2.05, 4.69) is 17.6 Å². The summed E-state index contributed by atoms with van der Waals surface area (Å²) in [5.74, 6) is -0.326. The quantitative estimate of drug-likeness (QED) is 0.456. The number of nitrogens with one attached hydrogen (secondary N) is 2. The van der Waals surface area contributed by atoms with Crippen molar-refractivity contribution in [2.45, 2.75) is 58.6 Å². The molecule has 0 aliphatic rings. The fraction of sp³-hybridized carbons (Fsp3) is 0.579. The second-order valence-corrected chi connectivity index (χ2v) is 5.80. The molecule has 0 fully saturated rings. The predicted molar refractivity (Wildman–Crippen MR) is 95.5 cm³/mol. The summed E-state index contributed by atoms with van der Waals surface area (Å²) in [6.07, 6.45) is 4.03. The highest BCUT2D eigenvalue weighted by molar-refractivity contribution is 5.79. The molecule has 0 saturated carbocycles. The fourth-order valence-corrected chi connectivity index (χ4v) is 2.34. The molecule has 0 aromatic heterocycles. The van der Waals surface area contributed by atoms with Crippen molar-refractivity contribution >= 4 is 11.9 Å². The zero-order valence-corrected chi connectivity index (χ0v) is 14.8. The summed E-state index contributed by atoms with van der Waals surface area (Å²) in [6.45, 7) is 5.64. The SMILES string of the molecule is CCCCCNC(CCC(=O)NCC)C(=O)OCc1ccccc1. The first kappa shape index (κ1) is 20.2. The summed E-state index contributed by atoms with van der Waals surface area (Å²) >= 11 is 0. The Balaban J connectivity index is 2.47. The number of unbranched alkanes of at least 4 members (excludes halogenated alkanes) is 2. The largest absolute Gasteiger partial charge is 0.460 e. The predicted octanol–water partition coefficient (Wildman–Crippen LogP) is 2.79. The number of carbonyl (C=O) groups is 2. The molecule has 5 nitrogen and oxygen atoms in total. The maximum absolute atomic E-state index is 12.3. The van der Waals surface area contributed by atoms with Gasteiger partial charge in [-0.25, -0.2) is 0 Å². The summed E-state index contributed by atoms with van der Waals surface area (Å²) in [5, 5.41) is 5.99. The van der Waals surface area contributed by atoms with Crippen LogP contribution < -0.4 is 10.6 Å². The van der Waals surface area contributed by atoms with Crippen LogP contribution in [-0.2, 0) is 20.9 Å². The summed E-state index contributed by atoms with van der Waals surface area (Å²) < 4.78 is 5.41. The number of hydrogen-bond donors (Lipinski definition) is 2. The van der Waals surface area contributed by atoms with Gasteiger partial charge in [-0.1, -0.05) is 50.1 Å². The molecule has 1 unspecified atom stereocenters. The van der Waals surface area contributed by atoms with Gasteiger partial charge in [-0.2, -0.15) is 0 Å². The Morgan fingerprint density at radius 3 is 2.54 bits per heavy atom. The molecule has 1 atom stereocenters. The number of rotatable bonds is 12. The van der Waals surface area contributed by atoms with Crippen LogP contribution in [-0.4, -0.2) is 31.0 Å². The van der Waals surface area contributed by atoms with Crippen LogP contribution in [0.1, 0.15) is 51.5 Å². The van der Waals surface area contributed by atoms with Gasteiger partial charge in [0.1, 0.15) is 12.6 Å². The third-order valence-electron chi connectivity index (χ3n) is 3.71. The summed E-state index contributed by atoms with van der Waals surface area (Å²) in [5.41, 5.74) is 0.958. The Bertz CT molecular complexity index is 477. The Morgan fingerprint density at radius 2 is 1.88 bits per heavy atom. The smallest absolute Gasteiger partial charge is 0.323 e. The van der Waals surface area contributed by atoms with E-state index < -0.39 is 6.04 Å². The molecular weight excluding hydrogens is 304 g/mol. The molecule has 0 bridgehead atoms. The second-order valence-electron chi connectivity index (χ2n) is 5.80. The fourth-order valence-electron chi connectivity index (χ4n) is 2.34. The molecule has 0 radical (unpaired) electrons. The van der Waals surface area contributed by atoms with Crippen molar-refractivity contribution in [3.8, 4) is 0 Å². The number of hydrogen-bond acceptors (Lipinski definition) is 4. The van der Waals surface area contributed by atoms with E-state index in [1.54, 1.807) is 0 Å². The van der Waals surface area contributed by atoms with Crippen LogP contribution in [0.25, 0.3) is 0 Å². The summed E-state index contributed by atoms with van der Waals surface area (Å²) in [7, 11) is 0. The van der Waals surface area contributed by atoms with E-state index in [4.69, 9.17) is 4.74 Å². The first-order valence-electron chi connectivity index (χ1n) is 8.88. The maximum atomic E-state index is 12.3. The van der Waals surface area contributed by atoms with E-state index in [0.29, 0.717) is 19.4 Å². The highest BCUT2D eigenvalue weighted by Crippen LogP contribution is 2.06. The standard InChI is InChI=1S/C19H30N2O3/c1-3-5-9-14-21-17(12-13-18(22)20-4-2)19(23)24-15-16-10-7-6-8-11-16/h6-8,10-11,17,21H,3-5,9,12-15H2,1-2H3,(H,20,22). The van der Waals surface area contributed by atoms with Crippen LogP contribution in [0.5, 0.6) is 0 Å². The molecule has 5 heteroatoms. The number of carbonyl (C=O) groups excluding carboxylic acids is 2. The second kappa shape index (κ2) is 12.5. The van der Waals surface area contributed by atoms with Gasteiger partial charge in [-0.15, -0.1) is 0 Å². The lowest BCUT2D eigenvalue weighted by Crippen LogP contribution is -2.39. The van der Waals surface area contributed by atoms with E-state index in [-0.39, 0.29) is 18.5 Å². The normalized spacial score (nSPS) is 11.8. The van der Waals surface area contributed by atoms with Gasteiger partial charge in [0.25, 0.3) is 0 Å². The van der Waals surface area contributed by atoms with Crippen molar-refractivity contribution in [3.05, 3.63) is 35.9 Å². The minimum atomic E-state index is -0.437. The number of benzene rings is 1. The average molecular weight is 334 g/mol. The molecule has 1 rings (SSSR count). The molecule has 134 valence electrons. The van der Waals surface area contributed by atoms with Gasteiger partial charge in [-0.3, -0.25) is 9.59 Å². The highest BCUT2D eigenvalue weighted by atomic mass is 16.5. The molecule has 1 amide bonds. The topological polar surface area (TPSA) is 67.4 Å². The zero-order chi connectivity index (χ0) is 17.6. The van der Waals surface area contributed by atoms with Crippen molar-refractivity contribution in [2.75, 3.05) is 13.1 Å². The van der Waals surface area contributed by atoms with Gasteiger partial charge >= 0.3 is 5.97 Å². The van der Waals surface area contributed by atoms with E-state index in [0.717, 1.165) is 31.4 Å². The molecule has 0 spiro atoms. The molecule has 0 saturated heterocycles. The van der Waals surface area contributed by atoms with E-state index in [1.807, 2.05) is 37.3 Å². The maximum Gasteiger partial charge on any atom is 0.323 e. The molecule has 1 aromatic carbocycles. The third kappa shape index (κ3) is 8.67. The molecule has 0 heterocycles. The van der Waals surface area contributed by atoms with Crippen LogP contribution in [0.15, 0.2) is 30.3 Å². The Morgan fingerprint density at radius 1 is 1.12 bits per heavy atom. The summed E-state index contributed by atoms with van der Waals surface area (Å²) in [6, 6.07) is 9.16. The summed E-state index contributed by atoms with van der Waals surface area (Å²) in [4.78, 5) is 24.0. The lowest BCUT2D eigenvalue weighted by atomic mass is 10.1. The first-order valence-corrected chi connectivity index (χ1v) is 8.88. The first-order chi connectivity index (χ1) is 11.7. The van der Waals surface area contributed by atoms with Crippen LogP contribution in [0.3, 0.4) is 0 Å². The van der Waals surface area contributed by atoms with Gasteiger partial charge in [0.15, 0.2) is 0 Å². The Labute approximate surface area is 145 Å². The van der Waals surface area contributed by atoms with Crippen molar-refractivity contribution < 1.29 is 14.3 Å². The van der Waals surface area contributed by atoms with Gasteiger partial charge in [-0.05, 0) is 31.9 Å². The average Bonchev–Trinajstić information content (AvgIpc) is 2.60. The van der Waals surface area contributed by atoms with Gasteiger partial charge in [0, 0.05) is 13.0 Å². The van der Waals surface area contributed by atoms with Crippen molar-refractivity contribution in [1.29, 1.82) is 0 Å².